The van der Waals surface area contributed by atoms with E-state index in [0.29, 0.717) is 30.6 Å². The van der Waals surface area contributed by atoms with E-state index in [1.165, 1.54) is 0 Å². The minimum atomic E-state index is -0.478. The van der Waals surface area contributed by atoms with E-state index in [2.05, 4.69) is 5.32 Å². The predicted octanol–water partition coefficient (Wildman–Crippen LogP) is 0.771. The zero-order valence-electron chi connectivity index (χ0n) is 9.82. The molecule has 0 spiro atoms. The Bertz CT molecular complexity index is 430. The van der Waals surface area contributed by atoms with Crippen molar-refractivity contribution < 1.29 is 9.59 Å². The van der Waals surface area contributed by atoms with E-state index in [9.17, 15) is 9.59 Å². The quantitative estimate of drug-likeness (QED) is 0.703. The molecular weight excluding hydrogens is 218 g/mol. The van der Waals surface area contributed by atoms with Crippen LogP contribution in [0.25, 0.3) is 0 Å². The van der Waals surface area contributed by atoms with Gasteiger partial charge in [0, 0.05) is 17.7 Å². The SMILES string of the molecule is Cc1cc(C(N)=O)ccc1NC(=O)CCCN. The molecule has 0 aliphatic rings. The normalized spacial score (nSPS) is 10.0. The van der Waals surface area contributed by atoms with Gasteiger partial charge in [-0.25, -0.2) is 0 Å². The fourth-order valence-electron chi connectivity index (χ4n) is 1.43. The number of primary amides is 1. The van der Waals surface area contributed by atoms with Crippen molar-refractivity contribution in [1.82, 2.24) is 0 Å². The van der Waals surface area contributed by atoms with Crippen molar-refractivity contribution >= 4 is 17.5 Å². The molecule has 5 heteroatoms. The number of nitrogens with one attached hydrogen (secondary N) is 1. The third-order valence-electron chi connectivity index (χ3n) is 2.39. The molecule has 0 bridgehead atoms. The van der Waals surface area contributed by atoms with E-state index in [-0.39, 0.29) is 5.91 Å². The van der Waals surface area contributed by atoms with Gasteiger partial charge in [0.05, 0.1) is 0 Å². The van der Waals surface area contributed by atoms with E-state index in [0.717, 1.165) is 5.56 Å². The highest BCUT2D eigenvalue weighted by molar-refractivity contribution is 5.95. The number of nitrogens with two attached hydrogens (primary N) is 2. The summed E-state index contributed by atoms with van der Waals surface area (Å²) in [6.45, 7) is 2.30. The van der Waals surface area contributed by atoms with Gasteiger partial charge in [0.15, 0.2) is 0 Å². The van der Waals surface area contributed by atoms with Crippen LogP contribution >= 0.6 is 0 Å². The molecule has 0 radical (unpaired) electrons. The van der Waals surface area contributed by atoms with Crippen molar-refractivity contribution in [2.75, 3.05) is 11.9 Å². The topological polar surface area (TPSA) is 98.2 Å². The number of hydrogen-bond acceptors (Lipinski definition) is 3. The Balaban J connectivity index is 2.72. The van der Waals surface area contributed by atoms with Gasteiger partial charge in [0.1, 0.15) is 0 Å². The molecule has 1 aromatic rings. The highest BCUT2D eigenvalue weighted by Gasteiger charge is 2.06. The second-order valence-electron chi connectivity index (χ2n) is 3.83. The lowest BCUT2D eigenvalue weighted by atomic mass is 10.1. The maximum absolute atomic E-state index is 11.5. The zero-order valence-corrected chi connectivity index (χ0v) is 9.82. The molecule has 17 heavy (non-hydrogen) atoms. The Morgan fingerprint density at radius 2 is 2.06 bits per heavy atom. The van der Waals surface area contributed by atoms with E-state index in [1.54, 1.807) is 18.2 Å². The van der Waals surface area contributed by atoms with Crippen LogP contribution in [0.15, 0.2) is 18.2 Å². The highest BCUT2D eigenvalue weighted by Crippen LogP contribution is 2.16. The Morgan fingerprint density at radius 1 is 1.35 bits per heavy atom. The molecule has 5 nitrogen and oxygen atoms in total. The average molecular weight is 235 g/mol. The molecule has 0 aromatic heterocycles. The highest BCUT2D eigenvalue weighted by atomic mass is 16.1. The van der Waals surface area contributed by atoms with Crippen LogP contribution in [0.1, 0.15) is 28.8 Å². The first kappa shape index (κ1) is 13.2. The Labute approximate surface area is 100 Å². The number of benzene rings is 1. The van der Waals surface area contributed by atoms with Crippen molar-refractivity contribution in [1.29, 1.82) is 0 Å². The van der Waals surface area contributed by atoms with Gasteiger partial charge >= 0.3 is 0 Å². The van der Waals surface area contributed by atoms with Crippen LogP contribution in [0, 0.1) is 6.92 Å². The van der Waals surface area contributed by atoms with Crippen molar-refractivity contribution in [2.24, 2.45) is 11.5 Å². The van der Waals surface area contributed by atoms with Gasteiger partial charge in [-0.1, -0.05) is 0 Å². The molecule has 2 amide bonds. The molecular formula is C12H17N3O2. The van der Waals surface area contributed by atoms with Gasteiger partial charge in [-0.3, -0.25) is 9.59 Å². The third kappa shape index (κ3) is 3.88. The summed E-state index contributed by atoms with van der Waals surface area (Å²) in [7, 11) is 0. The van der Waals surface area contributed by atoms with Crippen LogP contribution in [0.2, 0.25) is 0 Å². The Kier molecular flexibility index (Phi) is 4.66. The smallest absolute Gasteiger partial charge is 0.248 e. The van der Waals surface area contributed by atoms with Crippen molar-refractivity contribution in [3.05, 3.63) is 29.3 Å². The maximum atomic E-state index is 11.5. The summed E-state index contributed by atoms with van der Waals surface area (Å²) in [5.41, 5.74) is 12.4. The van der Waals surface area contributed by atoms with Crippen LogP contribution in [0.4, 0.5) is 5.69 Å². The number of anilines is 1. The van der Waals surface area contributed by atoms with E-state index in [4.69, 9.17) is 11.5 Å². The molecule has 0 saturated heterocycles. The third-order valence-corrected chi connectivity index (χ3v) is 2.39. The summed E-state index contributed by atoms with van der Waals surface area (Å²) in [6.07, 6.45) is 1.05. The second-order valence-corrected chi connectivity index (χ2v) is 3.83. The van der Waals surface area contributed by atoms with Gasteiger partial charge in [0.25, 0.3) is 0 Å². The lowest BCUT2D eigenvalue weighted by molar-refractivity contribution is -0.116. The van der Waals surface area contributed by atoms with Crippen LogP contribution < -0.4 is 16.8 Å². The lowest BCUT2D eigenvalue weighted by Gasteiger charge is -2.09. The fourth-order valence-corrected chi connectivity index (χ4v) is 1.43. The monoisotopic (exact) mass is 235 g/mol. The van der Waals surface area contributed by atoms with Crippen molar-refractivity contribution in [3.63, 3.8) is 0 Å². The predicted molar refractivity (Wildman–Crippen MR) is 66.6 cm³/mol. The number of amides is 2. The Hall–Kier alpha value is -1.88. The zero-order chi connectivity index (χ0) is 12.8. The standard InChI is InChI=1S/C12H17N3O2/c1-8-7-9(12(14)17)4-5-10(8)15-11(16)3-2-6-13/h4-5,7H,2-3,6,13H2,1H3,(H2,14,17)(H,15,16). The van der Waals surface area contributed by atoms with E-state index in [1.807, 2.05) is 6.92 Å². The van der Waals surface area contributed by atoms with Crippen molar-refractivity contribution in [3.8, 4) is 0 Å². The lowest BCUT2D eigenvalue weighted by Crippen LogP contribution is -2.15. The molecule has 1 aromatic carbocycles. The number of carbonyl (C=O) groups is 2. The number of aryl methyl sites for hydroxylation is 1. The fraction of sp³-hybridized carbons (Fsp3) is 0.333. The Morgan fingerprint density at radius 3 is 2.59 bits per heavy atom. The molecule has 0 atom stereocenters. The van der Waals surface area contributed by atoms with Crippen LogP contribution in [-0.4, -0.2) is 18.4 Å². The molecule has 92 valence electrons. The minimum Gasteiger partial charge on any atom is -0.366 e. The molecule has 1 rings (SSSR count). The van der Waals surface area contributed by atoms with Gasteiger partial charge in [0.2, 0.25) is 11.8 Å². The van der Waals surface area contributed by atoms with E-state index >= 15 is 0 Å². The first-order valence-electron chi connectivity index (χ1n) is 5.45. The molecule has 0 aliphatic carbocycles. The van der Waals surface area contributed by atoms with Crippen molar-refractivity contribution in [2.45, 2.75) is 19.8 Å². The molecule has 5 N–H and O–H groups in total. The summed E-state index contributed by atoms with van der Waals surface area (Å²) < 4.78 is 0. The summed E-state index contributed by atoms with van der Waals surface area (Å²) in [6, 6.07) is 4.92. The van der Waals surface area contributed by atoms with Crippen LogP contribution in [0.5, 0.6) is 0 Å². The summed E-state index contributed by atoms with van der Waals surface area (Å²) in [5.74, 6) is -0.556. The number of rotatable bonds is 5. The molecule has 0 saturated carbocycles. The van der Waals surface area contributed by atoms with Gasteiger partial charge in [-0.05, 0) is 43.7 Å². The summed E-state index contributed by atoms with van der Waals surface area (Å²) in [4.78, 5) is 22.4. The molecule has 0 unspecified atom stereocenters. The van der Waals surface area contributed by atoms with Crippen LogP contribution in [0.3, 0.4) is 0 Å². The maximum Gasteiger partial charge on any atom is 0.248 e. The summed E-state index contributed by atoms with van der Waals surface area (Å²) in [5, 5.41) is 2.76. The van der Waals surface area contributed by atoms with Gasteiger partial charge in [-0.15, -0.1) is 0 Å². The first-order chi connectivity index (χ1) is 8.04. The average Bonchev–Trinajstić information content (AvgIpc) is 2.28. The van der Waals surface area contributed by atoms with Crippen LogP contribution in [-0.2, 0) is 4.79 Å². The second kappa shape index (κ2) is 6.00. The molecule has 0 aliphatic heterocycles. The van der Waals surface area contributed by atoms with E-state index < -0.39 is 5.91 Å². The minimum absolute atomic E-state index is 0.0784. The molecule has 0 fully saturated rings. The van der Waals surface area contributed by atoms with Gasteiger partial charge in [-0.2, -0.15) is 0 Å². The molecule has 0 heterocycles. The van der Waals surface area contributed by atoms with Gasteiger partial charge < -0.3 is 16.8 Å². The first-order valence-corrected chi connectivity index (χ1v) is 5.45. The summed E-state index contributed by atoms with van der Waals surface area (Å²) >= 11 is 0. The largest absolute Gasteiger partial charge is 0.366 e. The number of carbonyl (C=O) groups excluding carboxylic acids is 2. The number of hydrogen-bond donors (Lipinski definition) is 3.